The van der Waals surface area contributed by atoms with Crippen molar-refractivity contribution in [3.63, 3.8) is 0 Å². The van der Waals surface area contributed by atoms with Crippen molar-refractivity contribution in [1.29, 1.82) is 0 Å². The maximum absolute atomic E-state index is 8.55. The van der Waals surface area contributed by atoms with Crippen LogP contribution in [-0.4, -0.2) is 142 Å². The molecule has 0 aromatic carbocycles. The summed E-state index contributed by atoms with van der Waals surface area (Å²) in [5, 5.41) is 17.1. The Kier molecular flexibility index (Phi) is 31.1. The normalized spacial score (nSPS) is 11.5. The first kappa shape index (κ1) is 32.6. The van der Waals surface area contributed by atoms with E-state index in [9.17, 15) is 0 Å². The molecule has 200 valence electrons. The molecule has 0 radical (unpaired) electrons. The van der Waals surface area contributed by atoms with Gasteiger partial charge in [-0.15, -0.1) is 0 Å². The molecule has 0 rings (SSSR count). The Balaban J connectivity index is 2.99. The van der Waals surface area contributed by atoms with Gasteiger partial charge in [-0.25, -0.2) is 0 Å². The molecule has 0 saturated heterocycles. The smallest absolute Gasteiger partial charge is 0.0701 e. The van der Waals surface area contributed by atoms with Crippen LogP contribution in [0.5, 0.6) is 0 Å². The van der Waals surface area contributed by atoms with Gasteiger partial charge in [-0.2, -0.15) is 0 Å². The Morgan fingerprint density at radius 3 is 0.636 bits per heavy atom. The van der Waals surface area contributed by atoms with Crippen LogP contribution in [0.3, 0.4) is 0 Å². The zero-order valence-electron chi connectivity index (χ0n) is 20.1. The van der Waals surface area contributed by atoms with E-state index < -0.39 is 0 Å². The maximum atomic E-state index is 8.55. The molecule has 0 unspecified atom stereocenters. The molecule has 0 saturated carbocycles. The second-order valence-corrected chi connectivity index (χ2v) is 6.67. The van der Waals surface area contributed by atoms with E-state index in [4.69, 9.17) is 52.8 Å². The minimum absolute atomic E-state index is 0.0312. The van der Waals surface area contributed by atoms with Gasteiger partial charge < -0.3 is 52.8 Å². The number of unbranched alkanes of at least 4 members (excludes halogenated alkanes) is 1. The van der Waals surface area contributed by atoms with E-state index in [0.29, 0.717) is 119 Å². The fourth-order valence-electron chi connectivity index (χ4n) is 2.28. The second kappa shape index (κ2) is 31.6. The number of ether oxygens (including phenoxy) is 9. The van der Waals surface area contributed by atoms with Gasteiger partial charge in [0.1, 0.15) is 0 Å². The zero-order chi connectivity index (χ0) is 23.9. The summed E-state index contributed by atoms with van der Waals surface area (Å²) in [5.74, 6) is 0. The molecule has 0 heterocycles. The molecular formula is C22H46O11. The summed E-state index contributed by atoms with van der Waals surface area (Å²) in [4.78, 5) is 0. The Bertz CT molecular complexity index is 307. The van der Waals surface area contributed by atoms with E-state index in [1.165, 1.54) is 0 Å². The molecule has 0 aliphatic heterocycles. The van der Waals surface area contributed by atoms with Crippen molar-refractivity contribution in [2.75, 3.05) is 132 Å². The number of aliphatic hydroxyl groups is 2. The van der Waals surface area contributed by atoms with Crippen LogP contribution in [-0.2, 0) is 42.6 Å². The van der Waals surface area contributed by atoms with Crippen LogP contribution in [0.25, 0.3) is 0 Å². The van der Waals surface area contributed by atoms with Crippen LogP contribution in [0.1, 0.15) is 12.8 Å². The van der Waals surface area contributed by atoms with E-state index >= 15 is 0 Å². The largest absolute Gasteiger partial charge is 0.394 e. The van der Waals surface area contributed by atoms with Gasteiger partial charge in [0, 0.05) is 13.2 Å². The van der Waals surface area contributed by atoms with Crippen LogP contribution in [0.2, 0.25) is 0 Å². The van der Waals surface area contributed by atoms with Crippen LogP contribution in [0.15, 0.2) is 0 Å². The third kappa shape index (κ3) is 31.6. The lowest BCUT2D eigenvalue weighted by Gasteiger charge is -2.08. The van der Waals surface area contributed by atoms with Crippen molar-refractivity contribution >= 4 is 0 Å². The molecule has 0 aromatic heterocycles. The molecule has 0 aliphatic carbocycles. The fourth-order valence-corrected chi connectivity index (χ4v) is 2.28. The Morgan fingerprint density at radius 2 is 0.424 bits per heavy atom. The van der Waals surface area contributed by atoms with Gasteiger partial charge >= 0.3 is 0 Å². The molecule has 0 atom stereocenters. The van der Waals surface area contributed by atoms with E-state index in [1.54, 1.807) is 0 Å². The zero-order valence-corrected chi connectivity index (χ0v) is 20.1. The highest BCUT2D eigenvalue weighted by atomic mass is 16.6. The lowest BCUT2D eigenvalue weighted by atomic mass is 10.3. The number of aliphatic hydroxyl groups excluding tert-OH is 2. The van der Waals surface area contributed by atoms with Crippen LogP contribution >= 0.6 is 0 Å². The molecule has 0 aliphatic rings. The van der Waals surface area contributed by atoms with Crippen LogP contribution in [0.4, 0.5) is 0 Å². The summed E-state index contributed by atoms with van der Waals surface area (Å²) < 4.78 is 48.0. The maximum Gasteiger partial charge on any atom is 0.0701 e. The lowest BCUT2D eigenvalue weighted by molar-refractivity contribution is -0.0143. The van der Waals surface area contributed by atoms with Crippen molar-refractivity contribution in [1.82, 2.24) is 0 Å². The van der Waals surface area contributed by atoms with Crippen molar-refractivity contribution in [3.8, 4) is 0 Å². The van der Waals surface area contributed by atoms with Gasteiger partial charge in [0.15, 0.2) is 0 Å². The first-order chi connectivity index (χ1) is 16.4. The molecule has 0 amide bonds. The lowest BCUT2D eigenvalue weighted by Crippen LogP contribution is -2.14. The highest BCUT2D eigenvalue weighted by Gasteiger charge is 1.95. The fraction of sp³-hybridized carbons (Fsp3) is 1.00. The summed E-state index contributed by atoms with van der Waals surface area (Å²) in [6.45, 7) is 9.49. The van der Waals surface area contributed by atoms with Crippen molar-refractivity contribution < 1.29 is 52.8 Å². The molecule has 2 N–H and O–H groups in total. The summed E-state index contributed by atoms with van der Waals surface area (Å²) >= 11 is 0. The molecule has 11 heteroatoms. The summed E-state index contributed by atoms with van der Waals surface area (Å²) in [6.07, 6.45) is 1.89. The van der Waals surface area contributed by atoms with Gasteiger partial charge in [0.2, 0.25) is 0 Å². The predicted octanol–water partition coefficient (Wildman–Crippen LogP) is -0.0994. The van der Waals surface area contributed by atoms with Crippen molar-refractivity contribution in [2.45, 2.75) is 12.8 Å². The van der Waals surface area contributed by atoms with Gasteiger partial charge in [-0.3, -0.25) is 0 Å². The van der Waals surface area contributed by atoms with Crippen molar-refractivity contribution in [3.05, 3.63) is 0 Å². The molecule has 11 nitrogen and oxygen atoms in total. The van der Waals surface area contributed by atoms with Gasteiger partial charge in [-0.1, -0.05) is 0 Å². The quantitative estimate of drug-likeness (QED) is 0.132. The summed E-state index contributed by atoms with van der Waals surface area (Å²) in [5.41, 5.74) is 0. The third-order valence-electron chi connectivity index (χ3n) is 3.90. The molecule has 33 heavy (non-hydrogen) atoms. The van der Waals surface area contributed by atoms with E-state index in [-0.39, 0.29) is 13.2 Å². The third-order valence-corrected chi connectivity index (χ3v) is 3.90. The van der Waals surface area contributed by atoms with Crippen molar-refractivity contribution in [2.24, 2.45) is 0 Å². The van der Waals surface area contributed by atoms with Crippen LogP contribution in [0, 0.1) is 0 Å². The average molecular weight is 487 g/mol. The average Bonchev–Trinajstić information content (AvgIpc) is 2.83. The Labute approximate surface area is 198 Å². The van der Waals surface area contributed by atoms with E-state index in [0.717, 1.165) is 12.8 Å². The highest BCUT2D eigenvalue weighted by molar-refractivity contribution is 4.41. The summed E-state index contributed by atoms with van der Waals surface area (Å²) in [7, 11) is 0. The summed E-state index contributed by atoms with van der Waals surface area (Å²) in [6, 6.07) is 0. The number of hydrogen-bond acceptors (Lipinski definition) is 11. The van der Waals surface area contributed by atoms with Gasteiger partial charge in [-0.05, 0) is 12.8 Å². The molecule has 0 aromatic rings. The Hall–Kier alpha value is -0.440. The highest BCUT2D eigenvalue weighted by Crippen LogP contribution is 1.92. The van der Waals surface area contributed by atoms with Gasteiger partial charge in [0.25, 0.3) is 0 Å². The molecule has 0 bridgehead atoms. The van der Waals surface area contributed by atoms with Crippen LogP contribution < -0.4 is 0 Å². The first-order valence-electron chi connectivity index (χ1n) is 11.8. The standard InChI is InChI=1S/C22H46O11/c23-3-7-27-11-15-31-19-17-29-13-9-25-5-1-2-6-26-10-14-30-18-21-33-22-20-32-16-12-28-8-4-24/h23-24H,1-22H2. The SMILES string of the molecule is OCCOCCOCCOCCOCCCCOCCOCCOCCOCCOCCO. The van der Waals surface area contributed by atoms with Gasteiger partial charge in [0.05, 0.1) is 119 Å². The topological polar surface area (TPSA) is 124 Å². The number of rotatable bonds is 30. The minimum atomic E-state index is 0.0312. The molecular weight excluding hydrogens is 440 g/mol. The van der Waals surface area contributed by atoms with E-state index in [2.05, 4.69) is 0 Å². The monoisotopic (exact) mass is 486 g/mol. The first-order valence-corrected chi connectivity index (χ1v) is 11.8. The molecule has 0 fully saturated rings. The second-order valence-electron chi connectivity index (χ2n) is 6.67. The minimum Gasteiger partial charge on any atom is -0.394 e. The number of hydrogen-bond donors (Lipinski definition) is 2. The van der Waals surface area contributed by atoms with E-state index in [1.807, 2.05) is 0 Å². The predicted molar refractivity (Wildman–Crippen MR) is 121 cm³/mol. The molecule has 0 spiro atoms. The Morgan fingerprint density at radius 1 is 0.242 bits per heavy atom.